The van der Waals surface area contributed by atoms with Crippen molar-refractivity contribution in [2.75, 3.05) is 25.5 Å². The second-order valence-corrected chi connectivity index (χ2v) is 5.93. The quantitative estimate of drug-likeness (QED) is 0.903. The van der Waals surface area contributed by atoms with Crippen LogP contribution in [-0.4, -0.2) is 36.1 Å². The highest BCUT2D eigenvalue weighted by Gasteiger charge is 2.20. The number of aromatic nitrogens is 2. The van der Waals surface area contributed by atoms with Gasteiger partial charge in [-0.25, -0.2) is 9.97 Å². The van der Waals surface area contributed by atoms with Gasteiger partial charge in [0.05, 0.1) is 18.4 Å². The largest absolute Gasteiger partial charge is 0.497 e. The van der Waals surface area contributed by atoms with Gasteiger partial charge in [0.2, 0.25) is 0 Å². The summed E-state index contributed by atoms with van der Waals surface area (Å²) in [5.74, 6) is 1.77. The Labute approximate surface area is 141 Å². The van der Waals surface area contributed by atoms with Crippen molar-refractivity contribution in [1.82, 2.24) is 15.3 Å². The molecule has 6 heteroatoms. The lowest BCUT2D eigenvalue weighted by atomic mass is 9.97. The number of nitrogens with zero attached hydrogens (tertiary/aromatic N) is 2. The van der Waals surface area contributed by atoms with Gasteiger partial charge in [-0.3, -0.25) is 4.79 Å². The van der Waals surface area contributed by atoms with E-state index in [2.05, 4.69) is 20.6 Å². The van der Waals surface area contributed by atoms with Crippen molar-refractivity contribution < 1.29 is 9.53 Å². The van der Waals surface area contributed by atoms with Crippen LogP contribution in [0.4, 0.5) is 5.69 Å². The van der Waals surface area contributed by atoms with Gasteiger partial charge < -0.3 is 15.4 Å². The molecule has 1 amide bonds. The molecule has 1 aromatic carbocycles. The summed E-state index contributed by atoms with van der Waals surface area (Å²) in [5.41, 5.74) is 1.93. The number of nitrogens with one attached hydrogen (secondary N) is 2. The van der Waals surface area contributed by atoms with Crippen LogP contribution in [0.3, 0.4) is 0 Å². The maximum atomic E-state index is 12.4. The van der Waals surface area contributed by atoms with Gasteiger partial charge in [0.25, 0.3) is 5.91 Å². The molecule has 2 N–H and O–H groups in total. The number of hydrogen-bond donors (Lipinski definition) is 2. The van der Waals surface area contributed by atoms with Crippen LogP contribution in [0, 0.1) is 6.92 Å². The molecule has 2 aromatic rings. The number of carbonyl (C=O) groups excluding carboxylic acids is 1. The Balaban J connectivity index is 1.72. The zero-order valence-corrected chi connectivity index (χ0v) is 14.0. The highest BCUT2D eigenvalue weighted by molar-refractivity contribution is 6.04. The number of carbonyl (C=O) groups is 1. The van der Waals surface area contributed by atoms with Gasteiger partial charge in [-0.1, -0.05) is 0 Å². The van der Waals surface area contributed by atoms with E-state index in [1.807, 2.05) is 6.92 Å². The predicted molar refractivity (Wildman–Crippen MR) is 92.6 cm³/mol. The molecule has 2 heterocycles. The number of rotatable bonds is 4. The first-order chi connectivity index (χ1) is 11.7. The molecular formula is C18H22N4O2. The number of anilines is 1. The summed E-state index contributed by atoms with van der Waals surface area (Å²) in [7, 11) is 1.61. The van der Waals surface area contributed by atoms with Gasteiger partial charge in [-0.2, -0.15) is 0 Å². The Hall–Kier alpha value is -2.47. The third-order valence-electron chi connectivity index (χ3n) is 4.29. The minimum Gasteiger partial charge on any atom is -0.497 e. The number of aryl methyl sites for hydroxylation is 1. The number of ether oxygens (including phenoxy) is 1. The minimum absolute atomic E-state index is 0.200. The van der Waals surface area contributed by atoms with Crippen molar-refractivity contribution in [3.63, 3.8) is 0 Å². The van der Waals surface area contributed by atoms with E-state index in [0.717, 1.165) is 37.5 Å². The van der Waals surface area contributed by atoms with E-state index in [0.29, 0.717) is 22.9 Å². The summed E-state index contributed by atoms with van der Waals surface area (Å²) in [5, 5.41) is 6.20. The smallest absolute Gasteiger partial charge is 0.259 e. The maximum Gasteiger partial charge on any atom is 0.259 e. The summed E-state index contributed by atoms with van der Waals surface area (Å²) in [6, 6.07) is 7.21. The lowest BCUT2D eigenvalue weighted by molar-refractivity contribution is 0.102. The van der Waals surface area contributed by atoms with E-state index in [1.54, 1.807) is 37.6 Å². The van der Waals surface area contributed by atoms with Crippen molar-refractivity contribution in [1.29, 1.82) is 0 Å². The van der Waals surface area contributed by atoms with Gasteiger partial charge in [0.15, 0.2) is 0 Å². The normalized spacial score (nSPS) is 15.1. The Morgan fingerprint density at radius 3 is 2.58 bits per heavy atom. The summed E-state index contributed by atoms with van der Waals surface area (Å²) in [6.45, 7) is 3.84. The van der Waals surface area contributed by atoms with Crippen molar-refractivity contribution >= 4 is 11.6 Å². The molecule has 0 saturated carbocycles. The molecular weight excluding hydrogens is 304 g/mol. The molecule has 126 valence electrons. The minimum atomic E-state index is -0.200. The van der Waals surface area contributed by atoms with Crippen molar-refractivity contribution in [3.8, 4) is 5.75 Å². The topological polar surface area (TPSA) is 76.1 Å². The summed E-state index contributed by atoms with van der Waals surface area (Å²) in [4.78, 5) is 21.4. The summed E-state index contributed by atoms with van der Waals surface area (Å²) in [6.07, 6.45) is 3.71. The lowest BCUT2D eigenvalue weighted by Gasteiger charge is -2.21. The Morgan fingerprint density at radius 2 is 1.96 bits per heavy atom. The van der Waals surface area contributed by atoms with E-state index in [-0.39, 0.29) is 5.91 Å². The third kappa shape index (κ3) is 3.71. The van der Waals surface area contributed by atoms with Crippen LogP contribution in [0.25, 0.3) is 0 Å². The summed E-state index contributed by atoms with van der Waals surface area (Å²) >= 11 is 0. The molecule has 3 rings (SSSR count). The number of amides is 1. The number of benzene rings is 1. The van der Waals surface area contributed by atoms with E-state index in [4.69, 9.17) is 4.74 Å². The van der Waals surface area contributed by atoms with Crippen molar-refractivity contribution in [2.24, 2.45) is 0 Å². The van der Waals surface area contributed by atoms with Gasteiger partial charge in [-0.15, -0.1) is 0 Å². The number of piperidine rings is 1. The average molecular weight is 326 g/mol. The molecule has 0 atom stereocenters. The molecule has 0 radical (unpaired) electrons. The molecule has 1 aliphatic heterocycles. The van der Waals surface area contributed by atoms with Crippen LogP contribution >= 0.6 is 0 Å². The van der Waals surface area contributed by atoms with Crippen LogP contribution in [0.5, 0.6) is 5.75 Å². The number of hydrogen-bond acceptors (Lipinski definition) is 5. The van der Waals surface area contributed by atoms with Crippen LogP contribution in [0.2, 0.25) is 0 Å². The molecule has 0 unspecified atom stereocenters. The first-order valence-corrected chi connectivity index (χ1v) is 8.17. The van der Waals surface area contributed by atoms with Gasteiger partial charge in [0, 0.05) is 17.8 Å². The van der Waals surface area contributed by atoms with E-state index in [9.17, 15) is 4.79 Å². The molecule has 0 aliphatic carbocycles. The van der Waals surface area contributed by atoms with E-state index < -0.39 is 0 Å². The van der Waals surface area contributed by atoms with Gasteiger partial charge in [0.1, 0.15) is 11.6 Å². The molecule has 1 fully saturated rings. The molecule has 0 spiro atoms. The standard InChI is InChI=1S/C18H22N4O2/c1-12-16(11-20-17(21-12)13-7-9-19-10-8-13)18(23)22-14-3-5-15(24-2)6-4-14/h3-6,11,13,19H,7-10H2,1-2H3,(H,22,23). The predicted octanol–water partition coefficient (Wildman–Crippen LogP) is 2.51. The molecule has 1 aliphatic rings. The zero-order valence-electron chi connectivity index (χ0n) is 14.0. The fraction of sp³-hybridized carbons (Fsp3) is 0.389. The molecule has 0 bridgehead atoms. The monoisotopic (exact) mass is 326 g/mol. The van der Waals surface area contributed by atoms with Crippen LogP contribution in [0.1, 0.15) is 40.6 Å². The van der Waals surface area contributed by atoms with Crippen molar-refractivity contribution in [3.05, 3.63) is 47.5 Å². The van der Waals surface area contributed by atoms with Crippen LogP contribution in [0.15, 0.2) is 30.5 Å². The SMILES string of the molecule is COc1ccc(NC(=O)c2cnc(C3CCNCC3)nc2C)cc1. The summed E-state index contributed by atoms with van der Waals surface area (Å²) < 4.78 is 5.11. The second-order valence-electron chi connectivity index (χ2n) is 5.93. The first-order valence-electron chi connectivity index (χ1n) is 8.17. The third-order valence-corrected chi connectivity index (χ3v) is 4.29. The van der Waals surface area contributed by atoms with Gasteiger partial charge >= 0.3 is 0 Å². The van der Waals surface area contributed by atoms with E-state index in [1.165, 1.54) is 0 Å². The fourth-order valence-corrected chi connectivity index (χ4v) is 2.86. The molecule has 24 heavy (non-hydrogen) atoms. The van der Waals surface area contributed by atoms with Gasteiger partial charge in [-0.05, 0) is 57.1 Å². The Bertz CT molecular complexity index is 709. The first kappa shape index (κ1) is 16.4. The Kier molecular flexibility index (Phi) is 5.05. The average Bonchev–Trinajstić information content (AvgIpc) is 2.63. The zero-order chi connectivity index (χ0) is 16.9. The lowest BCUT2D eigenvalue weighted by Crippen LogP contribution is -2.28. The van der Waals surface area contributed by atoms with Crippen LogP contribution < -0.4 is 15.4 Å². The van der Waals surface area contributed by atoms with Crippen LogP contribution in [-0.2, 0) is 0 Å². The Morgan fingerprint density at radius 1 is 1.25 bits per heavy atom. The molecule has 6 nitrogen and oxygen atoms in total. The van der Waals surface area contributed by atoms with Crippen molar-refractivity contribution in [2.45, 2.75) is 25.7 Å². The second kappa shape index (κ2) is 7.40. The fourth-order valence-electron chi connectivity index (χ4n) is 2.86. The molecule has 1 aromatic heterocycles. The number of methoxy groups -OCH3 is 1. The highest BCUT2D eigenvalue weighted by Crippen LogP contribution is 2.23. The molecule has 1 saturated heterocycles. The highest BCUT2D eigenvalue weighted by atomic mass is 16.5. The maximum absolute atomic E-state index is 12.4. The van der Waals surface area contributed by atoms with E-state index >= 15 is 0 Å².